The second kappa shape index (κ2) is 6.96. The Kier molecular flexibility index (Phi) is 4.96. The van der Waals surface area contributed by atoms with Crippen molar-refractivity contribution in [2.45, 2.75) is 71.0 Å². The van der Waals surface area contributed by atoms with Gasteiger partial charge in [0, 0.05) is 0 Å². The smallest absolute Gasteiger partial charge is 0.231 e. The van der Waals surface area contributed by atoms with E-state index in [1.54, 1.807) is 5.57 Å². The van der Waals surface area contributed by atoms with Crippen LogP contribution >= 0.6 is 0 Å². The van der Waals surface area contributed by atoms with E-state index in [-0.39, 0.29) is 5.60 Å². The number of fused-ring (bicyclic) bond motifs is 1. The lowest BCUT2D eigenvalue weighted by molar-refractivity contribution is 0.174. The van der Waals surface area contributed by atoms with Gasteiger partial charge in [0.05, 0.1) is 11.7 Å². The maximum atomic E-state index is 5.81. The highest BCUT2D eigenvalue weighted by Crippen LogP contribution is 2.42. The Morgan fingerprint density at radius 3 is 2.83 bits per heavy atom. The SMILES string of the molecule is CC/C(=C\CCc1ccc2c(c1)OCO2)CCC1OC1(C)CC. The normalized spacial score (nSPS) is 25.7. The highest BCUT2D eigenvalue weighted by molar-refractivity contribution is 5.44. The fourth-order valence-corrected chi connectivity index (χ4v) is 3.25. The monoisotopic (exact) mass is 316 g/mol. The van der Waals surface area contributed by atoms with E-state index in [2.05, 4.69) is 39.0 Å². The van der Waals surface area contributed by atoms with E-state index in [1.807, 2.05) is 6.07 Å². The van der Waals surface area contributed by atoms with Crippen LogP contribution in [0.3, 0.4) is 0 Å². The molecule has 0 N–H and O–H groups in total. The van der Waals surface area contributed by atoms with Crippen LogP contribution in [-0.2, 0) is 11.2 Å². The van der Waals surface area contributed by atoms with Gasteiger partial charge in [0.25, 0.3) is 0 Å². The Morgan fingerprint density at radius 2 is 2.09 bits per heavy atom. The molecule has 0 aromatic heterocycles. The number of rotatable bonds is 8. The van der Waals surface area contributed by atoms with Crippen molar-refractivity contribution in [3.05, 3.63) is 35.4 Å². The average Bonchev–Trinajstić information content (AvgIpc) is 3.01. The van der Waals surface area contributed by atoms with Crippen LogP contribution < -0.4 is 9.47 Å². The first kappa shape index (κ1) is 16.4. The molecule has 126 valence electrons. The van der Waals surface area contributed by atoms with Crippen molar-refractivity contribution in [3.63, 3.8) is 0 Å². The minimum atomic E-state index is 0.158. The van der Waals surface area contributed by atoms with Crippen LogP contribution in [0, 0.1) is 0 Å². The van der Waals surface area contributed by atoms with Crippen LogP contribution in [0.1, 0.15) is 58.4 Å². The first-order valence-corrected chi connectivity index (χ1v) is 8.89. The van der Waals surface area contributed by atoms with Crippen LogP contribution in [0.4, 0.5) is 0 Å². The van der Waals surface area contributed by atoms with E-state index in [1.165, 1.54) is 5.56 Å². The van der Waals surface area contributed by atoms with Gasteiger partial charge in [-0.25, -0.2) is 0 Å². The third kappa shape index (κ3) is 3.89. The lowest BCUT2D eigenvalue weighted by Gasteiger charge is -2.06. The quantitative estimate of drug-likeness (QED) is 0.498. The van der Waals surface area contributed by atoms with Gasteiger partial charge in [-0.3, -0.25) is 0 Å². The average molecular weight is 316 g/mol. The van der Waals surface area contributed by atoms with Crippen LogP contribution in [0.15, 0.2) is 29.8 Å². The summed E-state index contributed by atoms with van der Waals surface area (Å²) in [5, 5.41) is 0. The van der Waals surface area contributed by atoms with Gasteiger partial charge >= 0.3 is 0 Å². The Morgan fingerprint density at radius 1 is 1.26 bits per heavy atom. The summed E-state index contributed by atoms with van der Waals surface area (Å²) in [5.74, 6) is 1.74. The van der Waals surface area contributed by atoms with Crippen LogP contribution in [0.25, 0.3) is 0 Å². The molecular weight excluding hydrogens is 288 g/mol. The zero-order valence-corrected chi connectivity index (χ0v) is 14.6. The summed E-state index contributed by atoms with van der Waals surface area (Å²) >= 11 is 0. The predicted octanol–water partition coefficient (Wildman–Crippen LogP) is 5.03. The van der Waals surface area contributed by atoms with Crippen LogP contribution in [-0.4, -0.2) is 18.5 Å². The maximum Gasteiger partial charge on any atom is 0.231 e. The van der Waals surface area contributed by atoms with Crippen molar-refractivity contribution in [1.29, 1.82) is 0 Å². The van der Waals surface area contributed by atoms with Gasteiger partial charge in [-0.05, 0) is 63.1 Å². The minimum absolute atomic E-state index is 0.158. The summed E-state index contributed by atoms with van der Waals surface area (Å²) in [6.07, 6.45) is 9.59. The molecule has 23 heavy (non-hydrogen) atoms. The van der Waals surface area contributed by atoms with Gasteiger partial charge in [-0.2, -0.15) is 0 Å². The van der Waals surface area contributed by atoms with Crippen molar-refractivity contribution in [2.75, 3.05) is 6.79 Å². The molecule has 1 aromatic rings. The zero-order valence-electron chi connectivity index (χ0n) is 14.6. The van der Waals surface area contributed by atoms with E-state index in [9.17, 15) is 0 Å². The highest BCUT2D eigenvalue weighted by Gasteiger charge is 2.49. The second-order valence-electron chi connectivity index (χ2n) is 6.75. The fourth-order valence-electron chi connectivity index (χ4n) is 3.25. The molecular formula is C20H28O3. The second-order valence-corrected chi connectivity index (χ2v) is 6.75. The minimum Gasteiger partial charge on any atom is -0.454 e. The molecule has 0 amide bonds. The molecule has 2 aliphatic heterocycles. The van der Waals surface area contributed by atoms with Crippen LogP contribution in [0.5, 0.6) is 11.5 Å². The van der Waals surface area contributed by atoms with Crippen molar-refractivity contribution in [2.24, 2.45) is 0 Å². The molecule has 0 bridgehead atoms. The molecule has 3 nitrogen and oxygen atoms in total. The number of aryl methyl sites for hydroxylation is 1. The third-order valence-electron chi connectivity index (χ3n) is 5.22. The van der Waals surface area contributed by atoms with Gasteiger partial charge < -0.3 is 14.2 Å². The molecule has 2 heterocycles. The number of ether oxygens (including phenoxy) is 3. The summed E-state index contributed by atoms with van der Waals surface area (Å²) in [6, 6.07) is 6.25. The van der Waals surface area contributed by atoms with E-state index >= 15 is 0 Å². The zero-order chi connectivity index (χ0) is 16.3. The Hall–Kier alpha value is -1.48. The van der Waals surface area contributed by atoms with Gasteiger partial charge in [0.15, 0.2) is 11.5 Å². The molecule has 0 saturated carbocycles. The van der Waals surface area contributed by atoms with Gasteiger partial charge in [0.1, 0.15) is 0 Å². The summed E-state index contributed by atoms with van der Waals surface area (Å²) in [4.78, 5) is 0. The molecule has 1 fully saturated rings. The third-order valence-corrected chi connectivity index (χ3v) is 5.22. The van der Waals surface area contributed by atoms with E-state index < -0.39 is 0 Å². The molecule has 1 aromatic carbocycles. The number of benzene rings is 1. The van der Waals surface area contributed by atoms with E-state index in [0.717, 1.165) is 50.0 Å². The fraction of sp³-hybridized carbons (Fsp3) is 0.600. The van der Waals surface area contributed by atoms with Gasteiger partial charge in [-0.1, -0.05) is 31.6 Å². The molecule has 2 unspecified atom stereocenters. The lowest BCUT2D eigenvalue weighted by Crippen LogP contribution is -2.07. The number of hydrogen-bond acceptors (Lipinski definition) is 3. The number of allylic oxidation sites excluding steroid dienone is 2. The van der Waals surface area contributed by atoms with Gasteiger partial charge in [0.2, 0.25) is 6.79 Å². The van der Waals surface area contributed by atoms with Crippen molar-refractivity contribution >= 4 is 0 Å². The van der Waals surface area contributed by atoms with Crippen molar-refractivity contribution < 1.29 is 14.2 Å². The van der Waals surface area contributed by atoms with Crippen molar-refractivity contribution in [3.8, 4) is 11.5 Å². The Labute approximate surface area is 139 Å². The van der Waals surface area contributed by atoms with Crippen molar-refractivity contribution in [1.82, 2.24) is 0 Å². The molecule has 2 aliphatic rings. The summed E-state index contributed by atoms with van der Waals surface area (Å²) in [5.41, 5.74) is 3.02. The Bertz CT molecular complexity index is 578. The first-order chi connectivity index (χ1) is 11.1. The maximum absolute atomic E-state index is 5.81. The summed E-state index contributed by atoms with van der Waals surface area (Å²) < 4.78 is 16.6. The summed E-state index contributed by atoms with van der Waals surface area (Å²) in [6.45, 7) is 7.03. The standard InChI is InChI=1S/C20H28O3/c1-4-15(10-12-19-20(3,5-2)23-19)7-6-8-16-9-11-17-18(13-16)22-14-21-17/h7,9,11,13,19H,4-6,8,10,12,14H2,1-3H3/b15-7+. The lowest BCUT2D eigenvalue weighted by atomic mass is 9.97. The Balaban J connectivity index is 1.46. The predicted molar refractivity (Wildman–Crippen MR) is 92.1 cm³/mol. The van der Waals surface area contributed by atoms with Gasteiger partial charge in [-0.15, -0.1) is 0 Å². The summed E-state index contributed by atoms with van der Waals surface area (Å²) in [7, 11) is 0. The van der Waals surface area contributed by atoms with E-state index in [0.29, 0.717) is 12.9 Å². The first-order valence-electron chi connectivity index (χ1n) is 8.89. The molecule has 0 aliphatic carbocycles. The van der Waals surface area contributed by atoms with E-state index in [4.69, 9.17) is 14.2 Å². The molecule has 0 spiro atoms. The number of epoxide rings is 1. The highest BCUT2D eigenvalue weighted by atomic mass is 16.7. The molecule has 2 atom stereocenters. The molecule has 1 saturated heterocycles. The topological polar surface area (TPSA) is 31.0 Å². The molecule has 0 radical (unpaired) electrons. The number of hydrogen-bond donors (Lipinski definition) is 0. The largest absolute Gasteiger partial charge is 0.454 e. The molecule has 3 heteroatoms. The van der Waals surface area contributed by atoms with Crippen LogP contribution in [0.2, 0.25) is 0 Å². The molecule has 3 rings (SSSR count).